The molecular formula is C22H28BrN5O2. The number of hydrogen-bond acceptors (Lipinski definition) is 6. The van der Waals surface area contributed by atoms with Crippen molar-refractivity contribution in [2.45, 2.75) is 25.7 Å². The molecule has 0 saturated carbocycles. The maximum atomic E-state index is 13.0. The number of rotatable bonds is 4. The number of ether oxygens (including phenoxy) is 1. The smallest absolute Gasteiger partial charge is 0.255 e. The number of piperazine rings is 1. The van der Waals surface area contributed by atoms with Crippen molar-refractivity contribution in [3.05, 3.63) is 40.4 Å². The first-order chi connectivity index (χ1) is 14.7. The summed E-state index contributed by atoms with van der Waals surface area (Å²) in [6.07, 6.45) is 5.06. The molecule has 0 unspecified atom stereocenters. The zero-order valence-corrected chi connectivity index (χ0v) is 19.0. The van der Waals surface area contributed by atoms with Gasteiger partial charge in [-0.15, -0.1) is 10.2 Å². The third-order valence-electron chi connectivity index (χ3n) is 5.86. The molecule has 3 heterocycles. The second kappa shape index (κ2) is 9.64. The molecule has 160 valence electrons. The van der Waals surface area contributed by atoms with Crippen molar-refractivity contribution in [3.8, 4) is 5.75 Å². The van der Waals surface area contributed by atoms with Crippen LogP contribution < -0.4 is 14.5 Å². The first-order valence-corrected chi connectivity index (χ1v) is 11.4. The van der Waals surface area contributed by atoms with Gasteiger partial charge in [0.05, 0.1) is 12.7 Å². The van der Waals surface area contributed by atoms with E-state index in [1.165, 1.54) is 25.7 Å². The summed E-state index contributed by atoms with van der Waals surface area (Å²) >= 11 is 3.48. The van der Waals surface area contributed by atoms with Gasteiger partial charge >= 0.3 is 0 Å². The highest BCUT2D eigenvalue weighted by molar-refractivity contribution is 9.10. The van der Waals surface area contributed by atoms with Gasteiger partial charge in [-0.25, -0.2) is 0 Å². The number of hydrogen-bond donors (Lipinski definition) is 0. The second-order valence-electron chi connectivity index (χ2n) is 7.78. The van der Waals surface area contributed by atoms with Crippen molar-refractivity contribution in [2.75, 3.05) is 56.2 Å². The molecule has 0 spiro atoms. The van der Waals surface area contributed by atoms with Crippen LogP contribution in [0, 0.1) is 0 Å². The molecule has 0 atom stereocenters. The lowest BCUT2D eigenvalue weighted by atomic mass is 10.1. The number of aromatic nitrogens is 2. The van der Waals surface area contributed by atoms with Gasteiger partial charge in [0.15, 0.2) is 11.6 Å². The van der Waals surface area contributed by atoms with Crippen LogP contribution in [-0.2, 0) is 0 Å². The Morgan fingerprint density at radius 2 is 1.47 bits per heavy atom. The summed E-state index contributed by atoms with van der Waals surface area (Å²) in [7, 11) is 1.61. The van der Waals surface area contributed by atoms with E-state index < -0.39 is 0 Å². The van der Waals surface area contributed by atoms with Crippen LogP contribution in [0.4, 0.5) is 11.6 Å². The minimum atomic E-state index is 0.0167. The van der Waals surface area contributed by atoms with Gasteiger partial charge in [-0.3, -0.25) is 4.79 Å². The van der Waals surface area contributed by atoms with Crippen LogP contribution in [0.5, 0.6) is 5.75 Å². The summed E-state index contributed by atoms with van der Waals surface area (Å²) in [4.78, 5) is 19.4. The van der Waals surface area contributed by atoms with Crippen LogP contribution in [0.25, 0.3) is 0 Å². The molecule has 1 aromatic heterocycles. The van der Waals surface area contributed by atoms with Crippen molar-refractivity contribution in [3.63, 3.8) is 0 Å². The topological polar surface area (TPSA) is 61.8 Å². The third kappa shape index (κ3) is 4.69. The maximum Gasteiger partial charge on any atom is 0.255 e. The number of carbonyl (C=O) groups is 1. The van der Waals surface area contributed by atoms with E-state index in [1.54, 1.807) is 13.2 Å². The number of carbonyl (C=O) groups excluding carboxylic acids is 1. The van der Waals surface area contributed by atoms with Crippen LogP contribution in [0.2, 0.25) is 0 Å². The average molecular weight is 474 g/mol. The number of benzene rings is 1. The van der Waals surface area contributed by atoms with Crippen LogP contribution in [0.15, 0.2) is 34.8 Å². The monoisotopic (exact) mass is 473 g/mol. The van der Waals surface area contributed by atoms with E-state index in [-0.39, 0.29) is 5.91 Å². The molecule has 30 heavy (non-hydrogen) atoms. The first kappa shape index (κ1) is 20.9. The number of amides is 1. The molecule has 0 bridgehead atoms. The van der Waals surface area contributed by atoms with Gasteiger partial charge in [-0.2, -0.15) is 0 Å². The van der Waals surface area contributed by atoms with Crippen LogP contribution in [-0.4, -0.2) is 67.4 Å². The van der Waals surface area contributed by atoms with Gasteiger partial charge in [0, 0.05) is 43.7 Å². The molecule has 2 aliphatic rings. The second-order valence-corrected chi connectivity index (χ2v) is 8.63. The van der Waals surface area contributed by atoms with Gasteiger partial charge in [0.25, 0.3) is 5.91 Å². The summed E-state index contributed by atoms with van der Waals surface area (Å²) in [6.45, 7) is 4.91. The van der Waals surface area contributed by atoms with E-state index in [0.717, 1.165) is 42.3 Å². The molecule has 8 heteroatoms. The molecule has 7 nitrogen and oxygen atoms in total. The molecule has 1 amide bonds. The molecule has 2 saturated heterocycles. The van der Waals surface area contributed by atoms with Crippen LogP contribution in [0.1, 0.15) is 36.0 Å². The van der Waals surface area contributed by atoms with Crippen LogP contribution in [0.3, 0.4) is 0 Å². The van der Waals surface area contributed by atoms with Crippen molar-refractivity contribution in [1.29, 1.82) is 0 Å². The Hall–Kier alpha value is -2.35. The van der Waals surface area contributed by atoms with Gasteiger partial charge < -0.3 is 19.4 Å². The minimum absolute atomic E-state index is 0.0167. The van der Waals surface area contributed by atoms with Crippen molar-refractivity contribution in [1.82, 2.24) is 15.1 Å². The summed E-state index contributed by atoms with van der Waals surface area (Å²) in [6, 6.07) is 9.62. The first-order valence-electron chi connectivity index (χ1n) is 10.6. The summed E-state index contributed by atoms with van der Waals surface area (Å²) in [5.41, 5.74) is 0.629. The Labute approximate surface area is 186 Å². The fraction of sp³-hybridized carbons (Fsp3) is 0.500. The Balaban J connectivity index is 1.37. The average Bonchev–Trinajstić information content (AvgIpc) is 3.09. The lowest BCUT2D eigenvalue weighted by molar-refractivity contribution is 0.0745. The molecule has 1 aromatic carbocycles. The summed E-state index contributed by atoms with van der Waals surface area (Å²) in [5, 5.41) is 8.97. The Bertz CT molecular complexity index is 860. The van der Waals surface area contributed by atoms with Gasteiger partial charge in [0.1, 0.15) is 5.75 Å². The molecule has 2 aromatic rings. The Morgan fingerprint density at radius 1 is 0.867 bits per heavy atom. The zero-order valence-electron chi connectivity index (χ0n) is 17.4. The molecule has 0 radical (unpaired) electrons. The number of methoxy groups -OCH3 is 1. The van der Waals surface area contributed by atoms with E-state index in [4.69, 9.17) is 4.74 Å². The van der Waals surface area contributed by atoms with Crippen molar-refractivity contribution < 1.29 is 9.53 Å². The van der Waals surface area contributed by atoms with Gasteiger partial charge in [-0.1, -0.05) is 12.8 Å². The predicted molar refractivity (Wildman–Crippen MR) is 122 cm³/mol. The summed E-state index contributed by atoms with van der Waals surface area (Å²) in [5.74, 6) is 2.54. The number of nitrogens with zero attached hydrogens (tertiary/aromatic N) is 5. The fourth-order valence-electron chi connectivity index (χ4n) is 4.06. The van der Waals surface area contributed by atoms with E-state index in [0.29, 0.717) is 24.4 Å². The maximum absolute atomic E-state index is 13.0. The predicted octanol–water partition coefficient (Wildman–Crippen LogP) is 3.59. The van der Waals surface area contributed by atoms with E-state index in [1.807, 2.05) is 17.0 Å². The molecule has 4 rings (SSSR count). The highest BCUT2D eigenvalue weighted by Crippen LogP contribution is 2.25. The lowest BCUT2D eigenvalue weighted by Gasteiger charge is -2.35. The van der Waals surface area contributed by atoms with Gasteiger partial charge in [0.2, 0.25) is 0 Å². The molecular weight excluding hydrogens is 446 g/mol. The fourth-order valence-corrected chi connectivity index (χ4v) is 4.48. The molecule has 0 N–H and O–H groups in total. The highest BCUT2D eigenvalue weighted by Gasteiger charge is 2.25. The van der Waals surface area contributed by atoms with Gasteiger partial charge in [-0.05, 0) is 59.1 Å². The SMILES string of the molecule is COc1ccc(Br)c(C(=O)N2CCN(c3ccc(N4CCCCCC4)nn3)CC2)c1. The quantitative estimate of drug-likeness (QED) is 0.675. The van der Waals surface area contributed by atoms with E-state index in [9.17, 15) is 4.79 Å². The zero-order chi connectivity index (χ0) is 20.9. The number of halogens is 1. The van der Waals surface area contributed by atoms with Crippen LogP contribution >= 0.6 is 15.9 Å². The normalized spacial score (nSPS) is 17.6. The molecule has 2 aliphatic heterocycles. The molecule has 2 fully saturated rings. The third-order valence-corrected chi connectivity index (χ3v) is 6.55. The Kier molecular flexibility index (Phi) is 6.72. The summed E-state index contributed by atoms with van der Waals surface area (Å²) < 4.78 is 6.05. The number of anilines is 2. The van der Waals surface area contributed by atoms with E-state index >= 15 is 0 Å². The largest absolute Gasteiger partial charge is 0.497 e. The lowest BCUT2D eigenvalue weighted by Crippen LogP contribution is -2.49. The van der Waals surface area contributed by atoms with Crippen molar-refractivity contribution >= 4 is 33.5 Å². The Morgan fingerprint density at radius 3 is 2.03 bits per heavy atom. The highest BCUT2D eigenvalue weighted by atomic mass is 79.9. The van der Waals surface area contributed by atoms with E-state index in [2.05, 4.69) is 48.1 Å². The molecule has 0 aliphatic carbocycles. The van der Waals surface area contributed by atoms with Crippen molar-refractivity contribution in [2.24, 2.45) is 0 Å². The standard InChI is InChI=1S/C22H28BrN5O2/c1-30-17-6-7-19(23)18(16-17)22(29)28-14-12-27(13-15-28)21-9-8-20(24-25-21)26-10-4-2-3-5-11-26/h6-9,16H,2-5,10-15H2,1H3. The minimum Gasteiger partial charge on any atom is -0.497 e.